The number of Topliss-reactive ketones (excluding diaryl/α,β-unsaturated/α-hetero) is 1. The Bertz CT molecular complexity index is 292. The minimum atomic E-state index is -0.0925. The molecular weight excluding hydrogens is 304 g/mol. The van der Waals surface area contributed by atoms with E-state index in [2.05, 4.69) is 27.7 Å². The highest BCUT2D eigenvalue weighted by molar-refractivity contribution is 5.83. The lowest BCUT2D eigenvalue weighted by Gasteiger charge is -2.22. The number of carbonyl (C=O) groups excluding carboxylic acids is 1. The molecule has 0 radical (unpaired) electrons. The monoisotopic (exact) mass is 352 g/mol. The van der Waals surface area contributed by atoms with Crippen LogP contribution in [0.4, 0.5) is 0 Å². The Morgan fingerprint density at radius 3 is 1.28 bits per heavy atom. The molecule has 0 heterocycles. The van der Waals surface area contributed by atoms with Gasteiger partial charge < -0.3 is 0 Å². The van der Waals surface area contributed by atoms with Gasteiger partial charge in [0.1, 0.15) is 5.78 Å². The molecule has 0 aromatic carbocycles. The number of ketones is 1. The van der Waals surface area contributed by atoms with Crippen molar-refractivity contribution in [3.63, 3.8) is 0 Å². The zero-order valence-corrected chi connectivity index (χ0v) is 18.1. The maximum atomic E-state index is 12.2. The van der Waals surface area contributed by atoms with Crippen LogP contribution in [-0.4, -0.2) is 5.78 Å². The van der Waals surface area contributed by atoms with Crippen molar-refractivity contribution >= 4 is 5.78 Å². The number of hydrogen-bond donors (Lipinski definition) is 0. The quantitative estimate of drug-likeness (QED) is 0.212. The molecule has 1 heteroatoms. The molecular formula is C24H48O. The minimum absolute atomic E-state index is 0.0925. The van der Waals surface area contributed by atoms with E-state index in [0.29, 0.717) is 5.78 Å². The molecule has 0 aromatic rings. The molecule has 0 bridgehead atoms. The molecule has 0 saturated heterocycles. The molecule has 0 N–H and O–H groups in total. The Kier molecular flexibility index (Phi) is 16.9. The van der Waals surface area contributed by atoms with Crippen LogP contribution < -0.4 is 0 Å². The Morgan fingerprint density at radius 2 is 0.920 bits per heavy atom. The van der Waals surface area contributed by atoms with Crippen molar-refractivity contribution in [2.24, 2.45) is 5.41 Å². The highest BCUT2D eigenvalue weighted by Gasteiger charge is 2.25. The molecule has 0 atom stereocenters. The summed E-state index contributed by atoms with van der Waals surface area (Å²) in [4.78, 5) is 12.2. The van der Waals surface area contributed by atoms with Crippen molar-refractivity contribution in [2.45, 2.75) is 143 Å². The summed E-state index contributed by atoms with van der Waals surface area (Å²) in [5, 5.41) is 0. The van der Waals surface area contributed by atoms with Gasteiger partial charge in [-0.05, 0) is 12.8 Å². The summed E-state index contributed by atoms with van der Waals surface area (Å²) in [5.74, 6) is 0.476. The first kappa shape index (κ1) is 24.7. The van der Waals surface area contributed by atoms with E-state index >= 15 is 0 Å². The zero-order valence-electron chi connectivity index (χ0n) is 18.1. The summed E-state index contributed by atoms with van der Waals surface area (Å²) in [7, 11) is 0. The molecule has 0 aliphatic heterocycles. The highest BCUT2D eigenvalue weighted by atomic mass is 16.1. The Labute approximate surface area is 159 Å². The number of hydrogen-bond acceptors (Lipinski definition) is 1. The minimum Gasteiger partial charge on any atom is -0.299 e. The fourth-order valence-electron chi connectivity index (χ4n) is 3.76. The second-order valence-corrected chi connectivity index (χ2v) is 8.76. The summed E-state index contributed by atoms with van der Waals surface area (Å²) in [6, 6.07) is 0. The van der Waals surface area contributed by atoms with E-state index in [1.54, 1.807) is 0 Å². The standard InChI is InChI=1S/C24H48O/c1-5-7-8-9-10-11-12-13-14-15-16-17-18-19-20-21-23(25)24(3,4)22-6-2/h5-22H2,1-4H3. The third kappa shape index (κ3) is 15.6. The van der Waals surface area contributed by atoms with E-state index in [0.717, 1.165) is 25.7 Å². The topological polar surface area (TPSA) is 17.1 Å². The summed E-state index contributed by atoms with van der Waals surface area (Å²) < 4.78 is 0. The van der Waals surface area contributed by atoms with Crippen molar-refractivity contribution in [2.75, 3.05) is 0 Å². The van der Waals surface area contributed by atoms with Gasteiger partial charge in [-0.3, -0.25) is 4.79 Å². The van der Waals surface area contributed by atoms with E-state index in [-0.39, 0.29) is 5.41 Å². The third-order valence-electron chi connectivity index (χ3n) is 5.64. The van der Waals surface area contributed by atoms with Gasteiger partial charge in [0.25, 0.3) is 0 Å². The summed E-state index contributed by atoms with van der Waals surface area (Å²) >= 11 is 0. The second-order valence-electron chi connectivity index (χ2n) is 8.76. The van der Waals surface area contributed by atoms with Crippen LogP contribution in [-0.2, 0) is 4.79 Å². The first-order valence-corrected chi connectivity index (χ1v) is 11.6. The number of carbonyl (C=O) groups is 1. The van der Waals surface area contributed by atoms with Crippen LogP contribution in [0.25, 0.3) is 0 Å². The molecule has 0 rings (SSSR count). The summed E-state index contributed by atoms with van der Waals surface area (Å²) in [5.41, 5.74) is -0.0925. The predicted molar refractivity (Wildman–Crippen MR) is 113 cm³/mol. The van der Waals surface area contributed by atoms with Crippen LogP contribution >= 0.6 is 0 Å². The predicted octanol–water partition coefficient (Wildman–Crippen LogP) is 8.64. The lowest BCUT2D eigenvalue weighted by molar-refractivity contribution is -0.127. The van der Waals surface area contributed by atoms with Crippen molar-refractivity contribution in [3.05, 3.63) is 0 Å². The fraction of sp³-hybridized carbons (Fsp3) is 0.958. The average molecular weight is 353 g/mol. The first-order chi connectivity index (χ1) is 12.0. The van der Waals surface area contributed by atoms with E-state index in [4.69, 9.17) is 0 Å². The SMILES string of the molecule is CCCCCCCCCCCCCCCCCC(=O)C(C)(C)CCC. The smallest absolute Gasteiger partial charge is 0.138 e. The molecule has 150 valence electrons. The van der Waals surface area contributed by atoms with Crippen LogP contribution in [0.2, 0.25) is 0 Å². The summed E-state index contributed by atoms with van der Waals surface area (Å²) in [6.07, 6.45) is 23.7. The molecule has 0 aliphatic carbocycles. The maximum absolute atomic E-state index is 12.2. The van der Waals surface area contributed by atoms with Gasteiger partial charge in [-0.2, -0.15) is 0 Å². The largest absolute Gasteiger partial charge is 0.299 e. The number of unbranched alkanes of at least 4 members (excludes halogenated alkanes) is 14. The van der Waals surface area contributed by atoms with Gasteiger partial charge in [0.15, 0.2) is 0 Å². The van der Waals surface area contributed by atoms with Crippen LogP contribution in [0.1, 0.15) is 143 Å². The molecule has 0 amide bonds. The van der Waals surface area contributed by atoms with Gasteiger partial charge in [0.2, 0.25) is 0 Å². The third-order valence-corrected chi connectivity index (χ3v) is 5.64. The first-order valence-electron chi connectivity index (χ1n) is 11.6. The molecule has 0 spiro atoms. The molecule has 0 saturated carbocycles. The highest BCUT2D eigenvalue weighted by Crippen LogP contribution is 2.26. The lowest BCUT2D eigenvalue weighted by Crippen LogP contribution is -2.23. The second kappa shape index (κ2) is 17.1. The van der Waals surface area contributed by atoms with Gasteiger partial charge in [-0.1, -0.05) is 124 Å². The van der Waals surface area contributed by atoms with Crippen LogP contribution in [0, 0.1) is 5.41 Å². The van der Waals surface area contributed by atoms with E-state index in [1.807, 2.05) is 0 Å². The average Bonchev–Trinajstić information content (AvgIpc) is 2.58. The van der Waals surface area contributed by atoms with E-state index in [1.165, 1.54) is 89.9 Å². The summed E-state index contributed by atoms with van der Waals surface area (Å²) in [6.45, 7) is 8.69. The maximum Gasteiger partial charge on any atom is 0.138 e. The fourth-order valence-corrected chi connectivity index (χ4v) is 3.76. The Hall–Kier alpha value is -0.330. The van der Waals surface area contributed by atoms with Crippen LogP contribution in [0.5, 0.6) is 0 Å². The lowest BCUT2D eigenvalue weighted by atomic mass is 9.81. The zero-order chi connectivity index (χ0) is 18.8. The number of rotatable bonds is 19. The van der Waals surface area contributed by atoms with Crippen LogP contribution in [0.15, 0.2) is 0 Å². The van der Waals surface area contributed by atoms with Gasteiger partial charge in [0.05, 0.1) is 0 Å². The Balaban J connectivity index is 3.25. The van der Waals surface area contributed by atoms with Gasteiger partial charge in [-0.15, -0.1) is 0 Å². The molecule has 0 unspecified atom stereocenters. The van der Waals surface area contributed by atoms with Gasteiger partial charge >= 0.3 is 0 Å². The van der Waals surface area contributed by atoms with Gasteiger partial charge in [-0.25, -0.2) is 0 Å². The molecule has 0 aliphatic rings. The Morgan fingerprint density at radius 1 is 0.560 bits per heavy atom. The van der Waals surface area contributed by atoms with Crippen molar-refractivity contribution in [3.8, 4) is 0 Å². The van der Waals surface area contributed by atoms with Crippen molar-refractivity contribution in [1.82, 2.24) is 0 Å². The molecule has 0 fully saturated rings. The van der Waals surface area contributed by atoms with Crippen molar-refractivity contribution < 1.29 is 4.79 Å². The van der Waals surface area contributed by atoms with Crippen molar-refractivity contribution in [1.29, 1.82) is 0 Å². The van der Waals surface area contributed by atoms with Gasteiger partial charge in [0, 0.05) is 11.8 Å². The molecule has 1 nitrogen and oxygen atoms in total. The molecule has 0 aromatic heterocycles. The van der Waals surface area contributed by atoms with E-state index < -0.39 is 0 Å². The normalized spacial score (nSPS) is 11.8. The van der Waals surface area contributed by atoms with Crippen LogP contribution in [0.3, 0.4) is 0 Å². The van der Waals surface area contributed by atoms with E-state index in [9.17, 15) is 4.79 Å². The molecule has 25 heavy (non-hydrogen) atoms.